The smallest absolute Gasteiger partial charge is 0.308 e. The van der Waals surface area contributed by atoms with Crippen LogP contribution in [0.2, 0.25) is 0 Å². The van der Waals surface area contributed by atoms with Gasteiger partial charge in [-0.25, -0.2) is 0 Å². The van der Waals surface area contributed by atoms with E-state index in [1.54, 1.807) is 0 Å². The number of nitrogens with zero attached hydrogens (tertiary/aromatic N) is 1. The molecule has 0 bridgehead atoms. The van der Waals surface area contributed by atoms with Crippen molar-refractivity contribution in [1.29, 1.82) is 0 Å². The van der Waals surface area contributed by atoms with E-state index in [0.717, 1.165) is 25.8 Å². The number of nitrogens with two attached hydrogens (primary N) is 1. The SMILES string of the molecule is CC(CN)N1CCC2(CC2)C(C(=O)O)C1. The van der Waals surface area contributed by atoms with E-state index in [4.69, 9.17) is 5.73 Å². The predicted octanol–water partition coefficient (Wildman–Crippen LogP) is 0.520. The molecule has 1 aliphatic heterocycles. The van der Waals surface area contributed by atoms with E-state index < -0.39 is 5.97 Å². The van der Waals surface area contributed by atoms with Gasteiger partial charge < -0.3 is 10.8 Å². The molecule has 0 aromatic carbocycles. The molecule has 15 heavy (non-hydrogen) atoms. The average molecular weight is 212 g/mol. The van der Waals surface area contributed by atoms with Crippen molar-refractivity contribution in [2.45, 2.75) is 32.2 Å². The van der Waals surface area contributed by atoms with Crippen LogP contribution >= 0.6 is 0 Å². The molecule has 1 aliphatic carbocycles. The van der Waals surface area contributed by atoms with Gasteiger partial charge in [-0.3, -0.25) is 9.69 Å². The monoisotopic (exact) mass is 212 g/mol. The third-order valence-corrected chi connectivity index (χ3v) is 4.21. The first kappa shape index (κ1) is 10.9. The Morgan fingerprint density at radius 2 is 2.27 bits per heavy atom. The first-order valence-corrected chi connectivity index (χ1v) is 5.76. The third kappa shape index (κ3) is 1.88. The van der Waals surface area contributed by atoms with Gasteiger partial charge in [0.1, 0.15) is 0 Å². The molecule has 2 unspecified atom stereocenters. The van der Waals surface area contributed by atoms with Crippen LogP contribution in [0.1, 0.15) is 26.2 Å². The van der Waals surface area contributed by atoms with Gasteiger partial charge in [-0.15, -0.1) is 0 Å². The summed E-state index contributed by atoms with van der Waals surface area (Å²) in [6.45, 7) is 4.39. The van der Waals surface area contributed by atoms with Crippen molar-refractivity contribution < 1.29 is 9.90 Å². The predicted molar refractivity (Wildman–Crippen MR) is 57.5 cm³/mol. The lowest BCUT2D eigenvalue weighted by Crippen LogP contribution is -2.50. The minimum Gasteiger partial charge on any atom is -0.481 e. The van der Waals surface area contributed by atoms with Crippen LogP contribution in [0.25, 0.3) is 0 Å². The van der Waals surface area contributed by atoms with Crippen LogP contribution < -0.4 is 5.73 Å². The number of rotatable bonds is 3. The maximum atomic E-state index is 11.2. The molecule has 1 heterocycles. The summed E-state index contributed by atoms with van der Waals surface area (Å²) >= 11 is 0. The van der Waals surface area contributed by atoms with Gasteiger partial charge in [-0.1, -0.05) is 0 Å². The van der Waals surface area contributed by atoms with Crippen LogP contribution in [0.3, 0.4) is 0 Å². The maximum absolute atomic E-state index is 11.2. The van der Waals surface area contributed by atoms with E-state index in [1.165, 1.54) is 0 Å². The molecule has 0 aromatic rings. The number of likely N-dealkylation sites (tertiary alicyclic amines) is 1. The molecule has 1 spiro atoms. The summed E-state index contributed by atoms with van der Waals surface area (Å²) in [5.74, 6) is -0.790. The first-order valence-electron chi connectivity index (χ1n) is 5.76. The molecule has 0 aromatic heterocycles. The molecule has 1 saturated heterocycles. The van der Waals surface area contributed by atoms with Crippen molar-refractivity contribution in [1.82, 2.24) is 4.90 Å². The second kappa shape index (κ2) is 3.76. The molecule has 2 fully saturated rings. The van der Waals surface area contributed by atoms with Crippen molar-refractivity contribution in [2.75, 3.05) is 19.6 Å². The van der Waals surface area contributed by atoms with Crippen LogP contribution in [0.4, 0.5) is 0 Å². The largest absolute Gasteiger partial charge is 0.481 e. The zero-order valence-electron chi connectivity index (χ0n) is 9.28. The summed E-state index contributed by atoms with van der Waals surface area (Å²) in [6.07, 6.45) is 3.25. The molecule has 0 amide bonds. The van der Waals surface area contributed by atoms with Gasteiger partial charge in [0.15, 0.2) is 0 Å². The van der Waals surface area contributed by atoms with Crippen LogP contribution in [0.15, 0.2) is 0 Å². The molecule has 1 saturated carbocycles. The number of hydrogen-bond donors (Lipinski definition) is 2. The van der Waals surface area contributed by atoms with Crippen molar-refractivity contribution in [3.05, 3.63) is 0 Å². The topological polar surface area (TPSA) is 66.6 Å². The lowest BCUT2D eigenvalue weighted by Gasteiger charge is -2.39. The van der Waals surface area contributed by atoms with Gasteiger partial charge in [-0.2, -0.15) is 0 Å². The molecule has 4 nitrogen and oxygen atoms in total. The number of hydrogen-bond acceptors (Lipinski definition) is 3. The van der Waals surface area contributed by atoms with Crippen molar-refractivity contribution in [3.8, 4) is 0 Å². The average Bonchev–Trinajstić information content (AvgIpc) is 2.98. The minimum atomic E-state index is -0.624. The third-order valence-electron chi connectivity index (χ3n) is 4.21. The fraction of sp³-hybridized carbons (Fsp3) is 0.909. The fourth-order valence-corrected chi connectivity index (χ4v) is 2.71. The zero-order valence-corrected chi connectivity index (χ0v) is 9.28. The Balaban J connectivity index is 2.03. The van der Waals surface area contributed by atoms with E-state index in [1.807, 2.05) is 0 Å². The molecule has 3 N–H and O–H groups in total. The Kier molecular flexibility index (Phi) is 2.73. The van der Waals surface area contributed by atoms with E-state index >= 15 is 0 Å². The Morgan fingerprint density at radius 3 is 2.73 bits per heavy atom. The Bertz CT molecular complexity index is 263. The maximum Gasteiger partial charge on any atom is 0.308 e. The van der Waals surface area contributed by atoms with E-state index in [9.17, 15) is 9.90 Å². The first-order chi connectivity index (χ1) is 7.09. The van der Waals surface area contributed by atoms with Gasteiger partial charge in [-0.05, 0) is 38.1 Å². The summed E-state index contributed by atoms with van der Waals surface area (Å²) in [7, 11) is 0. The van der Waals surface area contributed by atoms with Gasteiger partial charge in [0, 0.05) is 19.1 Å². The number of carbonyl (C=O) groups is 1. The molecule has 0 radical (unpaired) electrons. The van der Waals surface area contributed by atoms with Crippen molar-refractivity contribution in [2.24, 2.45) is 17.1 Å². The molecule has 2 atom stereocenters. The Labute approximate surface area is 90.4 Å². The Hall–Kier alpha value is -0.610. The lowest BCUT2D eigenvalue weighted by atomic mass is 9.82. The van der Waals surface area contributed by atoms with Gasteiger partial charge >= 0.3 is 5.97 Å². The summed E-state index contributed by atoms with van der Waals surface area (Å²) in [5, 5.41) is 9.23. The zero-order chi connectivity index (χ0) is 11.1. The van der Waals surface area contributed by atoms with Gasteiger partial charge in [0.2, 0.25) is 0 Å². The molecular formula is C11H20N2O2. The summed E-state index contributed by atoms with van der Waals surface area (Å²) in [5.41, 5.74) is 5.77. The Morgan fingerprint density at radius 1 is 1.60 bits per heavy atom. The highest BCUT2D eigenvalue weighted by Gasteiger charge is 2.54. The van der Waals surface area contributed by atoms with E-state index in [0.29, 0.717) is 19.1 Å². The van der Waals surface area contributed by atoms with Gasteiger partial charge in [0.25, 0.3) is 0 Å². The van der Waals surface area contributed by atoms with Crippen LogP contribution in [0.5, 0.6) is 0 Å². The minimum absolute atomic E-state index is 0.149. The molecule has 2 rings (SSSR count). The number of carboxylic acids is 1. The van der Waals surface area contributed by atoms with Crippen LogP contribution in [0, 0.1) is 11.3 Å². The fourth-order valence-electron chi connectivity index (χ4n) is 2.71. The highest BCUT2D eigenvalue weighted by molar-refractivity contribution is 5.72. The standard InChI is InChI=1S/C11H20N2O2/c1-8(6-12)13-5-4-11(2-3-11)9(7-13)10(14)15/h8-9H,2-7,12H2,1H3,(H,14,15). The molecule has 2 aliphatic rings. The van der Waals surface area contributed by atoms with Gasteiger partial charge in [0.05, 0.1) is 5.92 Å². The molecule has 4 heteroatoms. The van der Waals surface area contributed by atoms with Crippen molar-refractivity contribution in [3.63, 3.8) is 0 Å². The molecular weight excluding hydrogens is 192 g/mol. The summed E-state index contributed by atoms with van der Waals surface area (Å²) < 4.78 is 0. The summed E-state index contributed by atoms with van der Waals surface area (Å²) in [6, 6.07) is 0.308. The van der Waals surface area contributed by atoms with E-state index in [2.05, 4.69) is 11.8 Å². The van der Waals surface area contributed by atoms with Crippen LogP contribution in [-0.4, -0.2) is 41.7 Å². The number of aliphatic carboxylic acids is 1. The quantitative estimate of drug-likeness (QED) is 0.715. The second-order valence-electron chi connectivity index (χ2n) is 5.08. The van der Waals surface area contributed by atoms with Crippen molar-refractivity contribution >= 4 is 5.97 Å². The van der Waals surface area contributed by atoms with E-state index in [-0.39, 0.29) is 11.3 Å². The normalized spacial score (nSPS) is 31.5. The summed E-state index contributed by atoms with van der Waals surface area (Å²) in [4.78, 5) is 13.4. The molecule has 86 valence electrons. The second-order valence-corrected chi connectivity index (χ2v) is 5.08. The number of carboxylic acid groups (broad SMARTS) is 1. The lowest BCUT2D eigenvalue weighted by molar-refractivity contribution is -0.147. The highest BCUT2D eigenvalue weighted by Crippen LogP contribution is 2.57. The number of piperidine rings is 1. The highest BCUT2D eigenvalue weighted by atomic mass is 16.4. The van der Waals surface area contributed by atoms with Crippen LogP contribution in [-0.2, 0) is 4.79 Å².